The van der Waals surface area contributed by atoms with Gasteiger partial charge in [-0.15, -0.1) is 11.3 Å². The SMILES string of the molecule is CC(C)(C)c1ccc(N2B3c4cc5c(-c6ccccc6)oc(-c6ccccc6)c5cc4N(c4ccc(C(C)(C)C)cc4-c4ccccc4)c4c3c(cc3c4sc4ccccc43)-c3cc4c(cc32)C(C)(C)c2ccccc2-4)cc1. The van der Waals surface area contributed by atoms with Gasteiger partial charge in [0.25, 0.3) is 0 Å². The Balaban J connectivity index is 1.15. The van der Waals surface area contributed by atoms with Gasteiger partial charge in [0, 0.05) is 71.0 Å². The van der Waals surface area contributed by atoms with Crippen LogP contribution in [-0.2, 0) is 16.2 Å². The molecule has 0 radical (unpaired) electrons. The maximum atomic E-state index is 7.32. The highest BCUT2D eigenvalue weighted by Gasteiger charge is 2.49. The molecule has 2 aliphatic heterocycles. The molecule has 15 rings (SSSR count). The van der Waals surface area contributed by atoms with Crippen molar-refractivity contribution >= 4 is 88.5 Å². The minimum absolute atomic E-state index is 0.0182. The van der Waals surface area contributed by atoms with Crippen LogP contribution < -0.4 is 20.6 Å². The van der Waals surface area contributed by atoms with Crippen molar-refractivity contribution in [1.29, 1.82) is 0 Å². The van der Waals surface area contributed by atoms with Crippen molar-refractivity contribution in [1.82, 2.24) is 0 Å². The Morgan fingerprint density at radius 1 is 0.436 bits per heavy atom. The zero-order valence-electron chi connectivity index (χ0n) is 45.5. The molecule has 3 nitrogen and oxygen atoms in total. The fourth-order valence-corrected chi connectivity index (χ4v) is 14.6. The second-order valence-corrected chi connectivity index (χ2v) is 25.5. The normalized spacial score (nSPS) is 14.2. The van der Waals surface area contributed by atoms with E-state index in [-0.39, 0.29) is 23.1 Å². The number of anilines is 5. The molecular formula is C73H59BN2OS. The molecule has 10 aromatic carbocycles. The van der Waals surface area contributed by atoms with Crippen LogP contribution in [-0.4, -0.2) is 6.85 Å². The van der Waals surface area contributed by atoms with Crippen molar-refractivity contribution in [2.75, 3.05) is 9.71 Å². The average molecular weight is 1020 g/mol. The molecule has 0 fully saturated rings. The van der Waals surface area contributed by atoms with Crippen molar-refractivity contribution in [2.45, 2.75) is 71.6 Å². The van der Waals surface area contributed by atoms with Gasteiger partial charge in [-0.3, -0.25) is 0 Å². The van der Waals surface area contributed by atoms with E-state index < -0.39 is 0 Å². The van der Waals surface area contributed by atoms with Crippen LogP contribution in [0.4, 0.5) is 28.4 Å². The summed E-state index contributed by atoms with van der Waals surface area (Å²) in [5.74, 6) is 1.74. The minimum Gasteiger partial charge on any atom is -0.455 e. The molecule has 5 heteroatoms. The topological polar surface area (TPSA) is 19.6 Å². The Morgan fingerprint density at radius 3 is 1.72 bits per heavy atom. The molecule has 12 aromatic rings. The molecule has 0 N–H and O–H groups in total. The van der Waals surface area contributed by atoms with E-state index in [1.165, 1.54) is 98.1 Å². The van der Waals surface area contributed by atoms with E-state index in [0.717, 1.165) is 50.5 Å². The van der Waals surface area contributed by atoms with Gasteiger partial charge in [0.15, 0.2) is 0 Å². The van der Waals surface area contributed by atoms with E-state index in [1.54, 1.807) is 0 Å². The third kappa shape index (κ3) is 6.90. The van der Waals surface area contributed by atoms with Gasteiger partial charge in [-0.1, -0.05) is 213 Å². The molecule has 78 heavy (non-hydrogen) atoms. The smallest absolute Gasteiger partial charge is 0.333 e. The molecule has 0 amide bonds. The lowest BCUT2D eigenvalue weighted by atomic mass is 9.43. The maximum Gasteiger partial charge on any atom is 0.333 e. The Labute approximate surface area is 462 Å². The van der Waals surface area contributed by atoms with Crippen LogP contribution in [0.15, 0.2) is 217 Å². The van der Waals surface area contributed by atoms with Crippen LogP contribution in [0.1, 0.15) is 77.6 Å². The standard InChI is InChI=1S/C73H59BN2OS/c1-71(2,3)47-32-35-49(36-33-47)76-63-43-60-53(50-28-18-20-30-59(50)73(60,7)8)39-54(63)55-40-58-51-29-19-21-31-65(51)78-70(58)67-66(55)74(76)61-41-56-57(69(46-26-16-11-17-27-46)77-68(56)45-24-14-10-15-25-45)42-64(61)75(67)62-37-34-48(72(4,5)6)38-52(62)44-22-12-9-13-23-44/h9-43H,1-8H3. The summed E-state index contributed by atoms with van der Waals surface area (Å²) in [6.07, 6.45) is 0. The van der Waals surface area contributed by atoms with Crippen LogP contribution in [0.3, 0.4) is 0 Å². The summed E-state index contributed by atoms with van der Waals surface area (Å²) in [7, 11) is 0. The van der Waals surface area contributed by atoms with Gasteiger partial charge in [0.05, 0.1) is 16.1 Å². The monoisotopic (exact) mass is 1020 g/mol. The lowest BCUT2D eigenvalue weighted by molar-refractivity contribution is 0.590. The van der Waals surface area contributed by atoms with Crippen molar-refractivity contribution in [3.8, 4) is 56.0 Å². The zero-order valence-corrected chi connectivity index (χ0v) is 46.3. The summed E-state index contributed by atoms with van der Waals surface area (Å²) in [6, 6.07) is 80.1. The molecule has 4 heterocycles. The fourth-order valence-electron chi connectivity index (χ4n) is 13.3. The zero-order chi connectivity index (χ0) is 53.0. The quantitative estimate of drug-likeness (QED) is 0.160. The van der Waals surface area contributed by atoms with Crippen LogP contribution in [0.2, 0.25) is 0 Å². The van der Waals surface area contributed by atoms with Gasteiger partial charge in [-0.25, -0.2) is 0 Å². The van der Waals surface area contributed by atoms with Gasteiger partial charge in [-0.05, 0) is 121 Å². The first-order valence-corrected chi connectivity index (χ1v) is 28.4. The lowest BCUT2D eigenvalue weighted by Crippen LogP contribution is -2.61. The summed E-state index contributed by atoms with van der Waals surface area (Å²) < 4.78 is 9.89. The van der Waals surface area contributed by atoms with Crippen molar-refractivity contribution in [3.05, 3.63) is 235 Å². The summed E-state index contributed by atoms with van der Waals surface area (Å²) >= 11 is 1.92. The number of hydrogen-bond donors (Lipinski definition) is 0. The molecule has 1 aliphatic carbocycles. The first kappa shape index (κ1) is 46.9. The molecule has 0 saturated carbocycles. The predicted molar refractivity (Wildman–Crippen MR) is 334 cm³/mol. The Bertz CT molecular complexity index is 4420. The Morgan fingerprint density at radius 2 is 1.04 bits per heavy atom. The highest BCUT2D eigenvalue weighted by molar-refractivity contribution is 7.26. The number of thiophene rings is 1. The van der Waals surface area contributed by atoms with Gasteiger partial charge in [0.1, 0.15) is 11.5 Å². The van der Waals surface area contributed by atoms with Crippen LogP contribution in [0.5, 0.6) is 0 Å². The third-order valence-electron chi connectivity index (χ3n) is 17.4. The van der Waals surface area contributed by atoms with E-state index in [0.29, 0.717) is 0 Å². The van der Waals surface area contributed by atoms with Gasteiger partial charge >= 0.3 is 6.85 Å². The van der Waals surface area contributed by atoms with E-state index in [2.05, 4.69) is 277 Å². The Kier molecular flexibility index (Phi) is 10.1. The minimum atomic E-state index is -0.245. The molecular weight excluding hydrogens is 964 g/mol. The number of nitrogens with zero attached hydrogens (tertiary/aromatic N) is 2. The van der Waals surface area contributed by atoms with Crippen molar-refractivity contribution < 1.29 is 4.42 Å². The second kappa shape index (κ2) is 16.8. The van der Waals surface area contributed by atoms with Gasteiger partial charge < -0.3 is 14.1 Å². The van der Waals surface area contributed by atoms with E-state index in [1.807, 2.05) is 11.3 Å². The molecule has 0 bridgehead atoms. The van der Waals surface area contributed by atoms with Gasteiger partial charge in [0.2, 0.25) is 0 Å². The molecule has 0 unspecified atom stereocenters. The third-order valence-corrected chi connectivity index (χ3v) is 18.5. The molecule has 0 spiro atoms. The number of rotatable bonds is 5. The van der Waals surface area contributed by atoms with Crippen LogP contribution in [0, 0.1) is 0 Å². The largest absolute Gasteiger partial charge is 0.455 e. The van der Waals surface area contributed by atoms with Crippen LogP contribution in [0.25, 0.3) is 87.0 Å². The Hall–Kier alpha value is -8.38. The molecule has 2 aromatic heterocycles. The average Bonchev–Trinajstić information content (AvgIpc) is 4.26. The highest BCUT2D eigenvalue weighted by Crippen LogP contribution is 2.58. The second-order valence-electron chi connectivity index (χ2n) is 24.4. The summed E-state index contributed by atoms with van der Waals surface area (Å²) in [5, 5.41) is 4.74. The highest BCUT2D eigenvalue weighted by atomic mass is 32.1. The number of furan rings is 1. The van der Waals surface area contributed by atoms with E-state index in [4.69, 9.17) is 4.42 Å². The number of benzene rings is 10. The lowest BCUT2D eigenvalue weighted by Gasteiger charge is -2.46. The summed E-state index contributed by atoms with van der Waals surface area (Å²) in [4.78, 5) is 5.40. The first-order chi connectivity index (χ1) is 37.7. The summed E-state index contributed by atoms with van der Waals surface area (Å²) in [6.45, 7) is 18.5. The number of hydrogen-bond acceptors (Lipinski definition) is 4. The molecule has 3 aliphatic rings. The molecule has 0 saturated heterocycles. The maximum absolute atomic E-state index is 7.32. The molecule has 376 valence electrons. The summed E-state index contributed by atoms with van der Waals surface area (Å²) in [5.41, 5.74) is 23.1. The van der Waals surface area contributed by atoms with E-state index >= 15 is 0 Å². The van der Waals surface area contributed by atoms with Gasteiger partial charge in [-0.2, -0.15) is 0 Å². The fraction of sp³-hybridized carbons (Fsp3) is 0.151. The number of fused-ring (bicyclic) bond motifs is 12. The van der Waals surface area contributed by atoms with Crippen LogP contribution >= 0.6 is 11.3 Å². The molecule has 0 atom stereocenters. The van der Waals surface area contributed by atoms with Crippen molar-refractivity contribution in [3.63, 3.8) is 0 Å². The van der Waals surface area contributed by atoms with Crippen molar-refractivity contribution in [2.24, 2.45) is 0 Å². The van der Waals surface area contributed by atoms with E-state index in [9.17, 15) is 0 Å². The predicted octanol–water partition coefficient (Wildman–Crippen LogP) is 19.4. The first-order valence-electron chi connectivity index (χ1n) is 27.6.